The summed E-state index contributed by atoms with van der Waals surface area (Å²) in [5, 5.41) is 11.2. The van der Waals surface area contributed by atoms with Crippen molar-refractivity contribution in [2.75, 3.05) is 11.1 Å². The summed E-state index contributed by atoms with van der Waals surface area (Å²) >= 11 is 4.54. The topological polar surface area (TPSA) is 54.9 Å². The van der Waals surface area contributed by atoms with Crippen LogP contribution < -0.4 is 5.32 Å². The number of aromatic nitrogens is 2. The Morgan fingerprint density at radius 3 is 2.91 bits per heavy atom. The SMILES string of the molecule is C=CCSc1nnc(NC(=O)C(C)SCc2ccccc2)s1. The van der Waals surface area contributed by atoms with Gasteiger partial charge >= 0.3 is 0 Å². The van der Waals surface area contributed by atoms with Gasteiger partial charge in [-0.2, -0.15) is 0 Å². The van der Waals surface area contributed by atoms with Crippen LogP contribution in [0.15, 0.2) is 47.3 Å². The lowest BCUT2D eigenvalue weighted by molar-refractivity contribution is -0.115. The van der Waals surface area contributed by atoms with E-state index in [1.54, 1.807) is 23.5 Å². The monoisotopic (exact) mass is 351 g/mol. The van der Waals surface area contributed by atoms with Crippen LogP contribution in [0, 0.1) is 0 Å². The summed E-state index contributed by atoms with van der Waals surface area (Å²) in [5.74, 6) is 1.55. The van der Waals surface area contributed by atoms with Gasteiger partial charge in [0.05, 0.1) is 5.25 Å². The van der Waals surface area contributed by atoms with Gasteiger partial charge in [-0.15, -0.1) is 28.5 Å². The third-order valence-corrected chi connectivity index (χ3v) is 5.86. The van der Waals surface area contributed by atoms with Crippen LogP contribution in [0.5, 0.6) is 0 Å². The fourth-order valence-corrected chi connectivity index (χ4v) is 3.89. The number of anilines is 1. The van der Waals surface area contributed by atoms with Crippen molar-refractivity contribution in [1.82, 2.24) is 10.2 Å². The van der Waals surface area contributed by atoms with Crippen LogP contribution in [0.2, 0.25) is 0 Å². The Morgan fingerprint density at radius 2 is 2.18 bits per heavy atom. The number of benzene rings is 1. The number of nitrogens with one attached hydrogen (secondary N) is 1. The van der Waals surface area contributed by atoms with E-state index < -0.39 is 0 Å². The molecular weight excluding hydrogens is 334 g/mol. The zero-order valence-corrected chi connectivity index (χ0v) is 14.6. The van der Waals surface area contributed by atoms with E-state index in [1.165, 1.54) is 16.9 Å². The van der Waals surface area contributed by atoms with Crippen molar-refractivity contribution in [3.8, 4) is 0 Å². The molecule has 0 radical (unpaired) electrons. The molecule has 1 N–H and O–H groups in total. The largest absolute Gasteiger partial charge is 0.300 e. The first-order chi connectivity index (χ1) is 10.7. The summed E-state index contributed by atoms with van der Waals surface area (Å²) in [6, 6.07) is 10.1. The smallest absolute Gasteiger partial charge is 0.239 e. The summed E-state index contributed by atoms with van der Waals surface area (Å²) in [6.45, 7) is 5.56. The molecule has 1 atom stereocenters. The van der Waals surface area contributed by atoms with Crippen molar-refractivity contribution in [2.24, 2.45) is 0 Å². The fraction of sp³-hybridized carbons (Fsp3) is 0.267. The maximum absolute atomic E-state index is 12.1. The number of hydrogen-bond acceptors (Lipinski definition) is 6. The second kappa shape index (κ2) is 8.97. The molecule has 0 saturated carbocycles. The van der Waals surface area contributed by atoms with Gasteiger partial charge in [-0.3, -0.25) is 10.1 Å². The number of nitrogens with zero attached hydrogens (tertiary/aromatic N) is 2. The summed E-state index contributed by atoms with van der Waals surface area (Å²) < 4.78 is 0.833. The highest BCUT2D eigenvalue weighted by Gasteiger charge is 2.15. The number of thioether (sulfide) groups is 2. The maximum atomic E-state index is 12.1. The minimum Gasteiger partial charge on any atom is -0.300 e. The van der Waals surface area contributed by atoms with Crippen molar-refractivity contribution < 1.29 is 4.79 Å². The molecule has 7 heteroatoms. The van der Waals surface area contributed by atoms with Crippen molar-refractivity contribution >= 4 is 45.9 Å². The van der Waals surface area contributed by atoms with Gasteiger partial charge in [0.15, 0.2) is 4.34 Å². The predicted octanol–water partition coefficient (Wildman–Crippen LogP) is 4.08. The lowest BCUT2D eigenvalue weighted by Crippen LogP contribution is -2.22. The summed E-state index contributed by atoms with van der Waals surface area (Å²) in [5.41, 5.74) is 1.21. The standard InChI is InChI=1S/C15H17N3OS3/c1-3-9-20-15-18-17-14(22-15)16-13(19)11(2)21-10-12-7-5-4-6-8-12/h3-8,11H,1,9-10H2,2H3,(H,16,17,19). The Bertz CT molecular complexity index is 616. The van der Waals surface area contributed by atoms with Crippen LogP contribution in [0.25, 0.3) is 0 Å². The Hall–Kier alpha value is -1.31. The molecule has 0 aliphatic heterocycles. The molecule has 2 rings (SSSR count). The van der Waals surface area contributed by atoms with E-state index in [0.29, 0.717) is 5.13 Å². The van der Waals surface area contributed by atoms with Gasteiger partial charge in [0, 0.05) is 11.5 Å². The molecule has 4 nitrogen and oxygen atoms in total. The number of carbonyl (C=O) groups excluding carboxylic acids is 1. The zero-order valence-electron chi connectivity index (χ0n) is 12.2. The molecule has 0 saturated heterocycles. The van der Waals surface area contributed by atoms with Gasteiger partial charge in [0.1, 0.15) is 0 Å². The first-order valence-electron chi connectivity index (χ1n) is 6.72. The minimum atomic E-state index is -0.145. The molecule has 22 heavy (non-hydrogen) atoms. The van der Waals surface area contributed by atoms with E-state index in [9.17, 15) is 4.79 Å². The average molecular weight is 352 g/mol. The predicted molar refractivity (Wildman–Crippen MR) is 96.7 cm³/mol. The number of amides is 1. The third-order valence-electron chi connectivity index (χ3n) is 2.67. The van der Waals surface area contributed by atoms with Crippen LogP contribution in [0.1, 0.15) is 12.5 Å². The molecule has 0 aliphatic carbocycles. The highest BCUT2D eigenvalue weighted by Crippen LogP contribution is 2.26. The van der Waals surface area contributed by atoms with Gasteiger partial charge in [-0.05, 0) is 12.5 Å². The van der Waals surface area contributed by atoms with Crippen molar-refractivity contribution in [3.63, 3.8) is 0 Å². The molecule has 0 spiro atoms. The molecule has 1 unspecified atom stereocenters. The average Bonchev–Trinajstić information content (AvgIpc) is 2.99. The highest BCUT2D eigenvalue weighted by molar-refractivity contribution is 8.01. The Morgan fingerprint density at radius 1 is 1.41 bits per heavy atom. The van der Waals surface area contributed by atoms with E-state index in [2.05, 4.69) is 34.2 Å². The second-order valence-electron chi connectivity index (χ2n) is 4.40. The molecule has 1 aromatic heterocycles. The molecule has 1 aromatic carbocycles. The van der Waals surface area contributed by atoms with E-state index >= 15 is 0 Å². The van der Waals surface area contributed by atoms with Crippen LogP contribution in [-0.4, -0.2) is 27.1 Å². The quantitative estimate of drug-likeness (QED) is 0.441. The van der Waals surface area contributed by atoms with Gasteiger partial charge in [0.2, 0.25) is 11.0 Å². The number of hydrogen-bond donors (Lipinski definition) is 1. The van der Waals surface area contributed by atoms with Crippen molar-refractivity contribution in [3.05, 3.63) is 48.6 Å². The molecule has 1 amide bonds. The van der Waals surface area contributed by atoms with E-state index in [0.717, 1.165) is 15.8 Å². The van der Waals surface area contributed by atoms with Gasteiger partial charge in [0.25, 0.3) is 0 Å². The molecule has 2 aromatic rings. The number of rotatable bonds is 8. The van der Waals surface area contributed by atoms with Crippen LogP contribution in [0.3, 0.4) is 0 Å². The Balaban J connectivity index is 1.80. The molecule has 1 heterocycles. The zero-order chi connectivity index (χ0) is 15.8. The summed E-state index contributed by atoms with van der Waals surface area (Å²) in [7, 11) is 0. The molecular formula is C15H17N3OS3. The maximum Gasteiger partial charge on any atom is 0.239 e. The van der Waals surface area contributed by atoms with E-state index in [4.69, 9.17) is 0 Å². The molecule has 0 bridgehead atoms. The van der Waals surface area contributed by atoms with Gasteiger partial charge < -0.3 is 0 Å². The van der Waals surface area contributed by atoms with Crippen molar-refractivity contribution in [1.29, 1.82) is 0 Å². The Labute approximate surface area is 142 Å². The highest BCUT2D eigenvalue weighted by atomic mass is 32.2. The second-order valence-corrected chi connectivity index (χ2v) is 7.97. The van der Waals surface area contributed by atoms with Crippen LogP contribution in [0.4, 0.5) is 5.13 Å². The first kappa shape index (κ1) is 17.1. The molecule has 0 aliphatic rings. The fourth-order valence-electron chi connectivity index (χ4n) is 1.53. The van der Waals surface area contributed by atoms with Crippen LogP contribution in [-0.2, 0) is 10.5 Å². The van der Waals surface area contributed by atoms with E-state index in [-0.39, 0.29) is 11.2 Å². The van der Waals surface area contributed by atoms with Crippen molar-refractivity contribution in [2.45, 2.75) is 22.3 Å². The minimum absolute atomic E-state index is 0.0441. The number of carbonyl (C=O) groups is 1. The third kappa shape index (κ3) is 5.47. The Kier molecular flexibility index (Phi) is 6.95. The summed E-state index contributed by atoms with van der Waals surface area (Å²) in [6.07, 6.45) is 1.81. The summed E-state index contributed by atoms with van der Waals surface area (Å²) in [4.78, 5) is 12.1. The molecule has 116 valence electrons. The van der Waals surface area contributed by atoms with Gasteiger partial charge in [-0.1, -0.05) is 59.5 Å². The lowest BCUT2D eigenvalue weighted by atomic mass is 10.2. The van der Waals surface area contributed by atoms with E-state index in [1.807, 2.05) is 31.2 Å². The normalized spacial score (nSPS) is 11.9. The molecule has 0 fully saturated rings. The van der Waals surface area contributed by atoms with Crippen LogP contribution >= 0.6 is 34.9 Å². The lowest BCUT2D eigenvalue weighted by Gasteiger charge is -2.10. The first-order valence-corrected chi connectivity index (χ1v) is 9.57. The van der Waals surface area contributed by atoms with Gasteiger partial charge in [-0.25, -0.2) is 0 Å².